The summed E-state index contributed by atoms with van der Waals surface area (Å²) in [6.45, 7) is 3.00. The Morgan fingerprint density at radius 2 is 2.55 bits per heavy atom. The van der Waals surface area contributed by atoms with Crippen LogP contribution in [0.25, 0.3) is 0 Å². The monoisotopic (exact) mass is 172 g/mol. The first-order chi connectivity index (χ1) is 5.27. The molecule has 1 aromatic rings. The molecular weight excluding hydrogens is 164 g/mol. The minimum absolute atomic E-state index is 0.255. The van der Waals surface area contributed by atoms with Crippen LogP contribution in [0.4, 0.5) is 0 Å². The molecule has 60 valence electrons. The van der Waals surface area contributed by atoms with Crippen molar-refractivity contribution in [2.75, 3.05) is 6.54 Å². The highest BCUT2D eigenvalue weighted by Gasteiger charge is 2.21. The Labute approximate surface area is 69.8 Å². The molecule has 11 heavy (non-hydrogen) atoms. The number of hydrogen-bond acceptors (Lipinski definition) is 3. The summed E-state index contributed by atoms with van der Waals surface area (Å²) >= 11 is 5.61. The van der Waals surface area contributed by atoms with E-state index in [2.05, 4.69) is 17.2 Å². The van der Waals surface area contributed by atoms with Gasteiger partial charge < -0.3 is 9.73 Å². The maximum absolute atomic E-state index is 5.61. The average Bonchev–Trinajstić information content (AvgIpc) is 2.31. The van der Waals surface area contributed by atoms with Crippen LogP contribution in [-0.4, -0.2) is 11.5 Å². The van der Waals surface area contributed by atoms with Crippen molar-refractivity contribution >= 4 is 11.6 Å². The molecule has 4 heteroatoms. The van der Waals surface area contributed by atoms with Gasteiger partial charge in [0.05, 0.1) is 6.04 Å². The third kappa shape index (κ3) is 1.14. The number of rotatable bonds is 0. The van der Waals surface area contributed by atoms with Crippen molar-refractivity contribution in [2.45, 2.75) is 19.4 Å². The lowest BCUT2D eigenvalue weighted by atomic mass is 10.1. The summed E-state index contributed by atoms with van der Waals surface area (Å²) in [7, 11) is 0. The van der Waals surface area contributed by atoms with Crippen LogP contribution in [0.3, 0.4) is 0 Å². The third-order valence-electron chi connectivity index (χ3n) is 1.91. The van der Waals surface area contributed by atoms with Gasteiger partial charge in [0, 0.05) is 13.0 Å². The molecule has 1 aliphatic rings. The number of hydrogen-bond donors (Lipinski definition) is 1. The molecule has 0 fully saturated rings. The normalized spacial score (nSPS) is 23.3. The molecule has 0 bridgehead atoms. The van der Waals surface area contributed by atoms with Crippen LogP contribution in [0.1, 0.15) is 24.4 Å². The largest absolute Gasteiger partial charge is 0.432 e. The summed E-state index contributed by atoms with van der Waals surface area (Å²) in [5.41, 5.74) is 0.959. The van der Waals surface area contributed by atoms with E-state index in [1.807, 2.05) is 0 Å². The molecule has 0 saturated heterocycles. The van der Waals surface area contributed by atoms with Gasteiger partial charge in [0.25, 0.3) is 5.35 Å². The lowest BCUT2D eigenvalue weighted by Gasteiger charge is -2.16. The number of nitrogens with one attached hydrogen (secondary N) is 1. The third-order valence-corrected chi connectivity index (χ3v) is 2.08. The zero-order chi connectivity index (χ0) is 7.84. The summed E-state index contributed by atoms with van der Waals surface area (Å²) in [6, 6.07) is 0.273. The zero-order valence-corrected chi connectivity index (χ0v) is 6.98. The van der Waals surface area contributed by atoms with Gasteiger partial charge in [0.2, 0.25) is 0 Å². The Hall–Kier alpha value is -0.540. The molecule has 0 radical (unpaired) electrons. The van der Waals surface area contributed by atoms with Crippen LogP contribution in [0, 0.1) is 0 Å². The van der Waals surface area contributed by atoms with E-state index in [1.54, 1.807) is 0 Å². The molecular formula is C7H9ClN2O. The first kappa shape index (κ1) is 7.13. The average molecular weight is 173 g/mol. The minimum atomic E-state index is 0.255. The molecule has 1 aromatic heterocycles. The molecule has 0 amide bonds. The van der Waals surface area contributed by atoms with Gasteiger partial charge in [-0.15, -0.1) is 0 Å². The predicted octanol–water partition coefficient (Wildman–Crippen LogP) is 1.53. The summed E-state index contributed by atoms with van der Waals surface area (Å²) < 4.78 is 5.19. The fraction of sp³-hybridized carbons (Fsp3) is 0.571. The van der Waals surface area contributed by atoms with E-state index in [9.17, 15) is 0 Å². The van der Waals surface area contributed by atoms with Crippen LogP contribution >= 0.6 is 11.6 Å². The highest BCUT2D eigenvalue weighted by atomic mass is 35.5. The molecule has 1 aliphatic heterocycles. The van der Waals surface area contributed by atoms with Crippen molar-refractivity contribution in [1.29, 1.82) is 0 Å². The van der Waals surface area contributed by atoms with Gasteiger partial charge in [-0.25, -0.2) is 4.98 Å². The summed E-state index contributed by atoms with van der Waals surface area (Å²) in [4.78, 5) is 4.07. The summed E-state index contributed by atoms with van der Waals surface area (Å²) in [6.07, 6.45) is 0.888. The van der Waals surface area contributed by atoms with E-state index in [0.29, 0.717) is 0 Å². The molecule has 2 rings (SSSR count). The SMILES string of the molecule is CC1NCCc2oc(Cl)nc21. The smallest absolute Gasteiger partial charge is 0.292 e. The van der Waals surface area contributed by atoms with Crippen molar-refractivity contribution < 1.29 is 4.42 Å². The maximum Gasteiger partial charge on any atom is 0.292 e. The van der Waals surface area contributed by atoms with Gasteiger partial charge in [0.1, 0.15) is 11.5 Å². The van der Waals surface area contributed by atoms with Crippen LogP contribution < -0.4 is 5.32 Å². The number of oxazole rings is 1. The van der Waals surface area contributed by atoms with E-state index in [-0.39, 0.29) is 11.4 Å². The second-order valence-electron chi connectivity index (χ2n) is 2.70. The van der Waals surface area contributed by atoms with Crippen LogP contribution in [0.15, 0.2) is 4.42 Å². The highest BCUT2D eigenvalue weighted by Crippen LogP contribution is 2.24. The Balaban J connectivity index is 2.43. The second-order valence-corrected chi connectivity index (χ2v) is 3.02. The zero-order valence-electron chi connectivity index (χ0n) is 6.22. The highest BCUT2D eigenvalue weighted by molar-refractivity contribution is 6.27. The summed E-state index contributed by atoms with van der Waals surface area (Å²) in [5.74, 6) is 0.932. The summed E-state index contributed by atoms with van der Waals surface area (Å²) in [5, 5.41) is 3.53. The van der Waals surface area contributed by atoms with E-state index in [0.717, 1.165) is 24.4 Å². The van der Waals surface area contributed by atoms with E-state index < -0.39 is 0 Å². The van der Waals surface area contributed by atoms with E-state index >= 15 is 0 Å². The van der Waals surface area contributed by atoms with Crippen LogP contribution in [-0.2, 0) is 6.42 Å². The number of fused-ring (bicyclic) bond motifs is 1. The maximum atomic E-state index is 5.61. The molecule has 1 N–H and O–H groups in total. The number of halogens is 1. The Morgan fingerprint density at radius 1 is 1.73 bits per heavy atom. The predicted molar refractivity (Wildman–Crippen MR) is 41.6 cm³/mol. The Kier molecular flexibility index (Phi) is 1.62. The van der Waals surface area contributed by atoms with Gasteiger partial charge in [-0.05, 0) is 18.5 Å². The fourth-order valence-corrected chi connectivity index (χ4v) is 1.53. The van der Waals surface area contributed by atoms with Gasteiger partial charge >= 0.3 is 0 Å². The first-order valence-electron chi connectivity index (χ1n) is 3.66. The van der Waals surface area contributed by atoms with E-state index in [1.165, 1.54) is 0 Å². The van der Waals surface area contributed by atoms with Crippen LogP contribution in [0.5, 0.6) is 0 Å². The van der Waals surface area contributed by atoms with Gasteiger partial charge in [-0.3, -0.25) is 0 Å². The molecule has 0 aromatic carbocycles. The van der Waals surface area contributed by atoms with Crippen molar-refractivity contribution in [3.63, 3.8) is 0 Å². The molecule has 0 saturated carbocycles. The number of nitrogens with zero attached hydrogens (tertiary/aromatic N) is 1. The second kappa shape index (κ2) is 2.50. The molecule has 2 heterocycles. The lowest BCUT2D eigenvalue weighted by molar-refractivity contribution is 0.447. The Morgan fingerprint density at radius 3 is 3.27 bits per heavy atom. The van der Waals surface area contributed by atoms with Gasteiger partial charge in [0.15, 0.2) is 0 Å². The van der Waals surface area contributed by atoms with Crippen molar-refractivity contribution in [2.24, 2.45) is 0 Å². The molecule has 0 aliphatic carbocycles. The van der Waals surface area contributed by atoms with E-state index in [4.69, 9.17) is 16.0 Å². The van der Waals surface area contributed by atoms with Crippen molar-refractivity contribution in [3.05, 3.63) is 16.8 Å². The molecule has 3 nitrogen and oxygen atoms in total. The minimum Gasteiger partial charge on any atom is -0.432 e. The van der Waals surface area contributed by atoms with Crippen molar-refractivity contribution in [3.8, 4) is 0 Å². The Bertz CT molecular complexity index is 271. The number of aromatic nitrogens is 1. The lowest BCUT2D eigenvalue weighted by Crippen LogP contribution is -2.27. The molecule has 1 atom stereocenters. The van der Waals surface area contributed by atoms with Gasteiger partial charge in [-0.1, -0.05) is 0 Å². The van der Waals surface area contributed by atoms with Gasteiger partial charge in [-0.2, -0.15) is 0 Å². The fourth-order valence-electron chi connectivity index (χ4n) is 1.35. The standard InChI is InChI=1S/C7H9ClN2O/c1-4-6-5(2-3-9-4)11-7(8)10-6/h4,9H,2-3H2,1H3. The van der Waals surface area contributed by atoms with Crippen molar-refractivity contribution in [1.82, 2.24) is 10.3 Å². The topological polar surface area (TPSA) is 38.1 Å². The van der Waals surface area contributed by atoms with Crippen LogP contribution in [0.2, 0.25) is 5.35 Å². The molecule has 1 unspecified atom stereocenters. The quantitative estimate of drug-likeness (QED) is 0.645. The first-order valence-corrected chi connectivity index (χ1v) is 4.03. The molecule has 0 spiro atoms.